The molecule has 1 aliphatic rings. The average molecular weight is 396 g/mol. The number of benzene rings is 2. The summed E-state index contributed by atoms with van der Waals surface area (Å²) in [6.45, 7) is 0.377. The van der Waals surface area contributed by atoms with Crippen LogP contribution < -0.4 is 15.8 Å². The zero-order chi connectivity index (χ0) is 17.9. The van der Waals surface area contributed by atoms with Crippen LogP contribution in [0.5, 0.6) is 0 Å². The summed E-state index contributed by atoms with van der Waals surface area (Å²) in [6, 6.07) is 11.9. The van der Waals surface area contributed by atoms with Crippen molar-refractivity contribution < 1.29 is 13.2 Å². The monoisotopic (exact) mass is 395 g/mol. The summed E-state index contributed by atoms with van der Waals surface area (Å²) in [5.41, 5.74) is 8.86. The van der Waals surface area contributed by atoms with Gasteiger partial charge < -0.3 is 11.1 Å². The molecule has 0 saturated carbocycles. The molecule has 0 unspecified atom stereocenters. The molecule has 0 atom stereocenters. The van der Waals surface area contributed by atoms with Gasteiger partial charge in [0.1, 0.15) is 0 Å². The van der Waals surface area contributed by atoms with Gasteiger partial charge in [-0.25, -0.2) is 13.1 Å². The van der Waals surface area contributed by atoms with Crippen LogP contribution in [-0.2, 0) is 22.9 Å². The van der Waals surface area contributed by atoms with Gasteiger partial charge in [0.15, 0.2) is 0 Å². The van der Waals surface area contributed by atoms with E-state index in [1.54, 1.807) is 12.1 Å². The van der Waals surface area contributed by atoms with Crippen molar-refractivity contribution in [2.45, 2.75) is 24.2 Å². The topological polar surface area (TPSA) is 101 Å². The molecule has 0 aromatic heterocycles. The van der Waals surface area contributed by atoms with Crippen LogP contribution in [0.25, 0.3) is 0 Å². The molecule has 3 rings (SSSR count). The number of aryl methyl sites for hydroxylation is 2. The number of nitrogens with one attached hydrogen (secondary N) is 2. The van der Waals surface area contributed by atoms with Crippen LogP contribution in [0, 0.1) is 0 Å². The SMILES string of the molecule is Cl.NCCNS(=O)(=O)c1cccc(NC(=O)c2ccc3c(c2)CCC3)c1. The summed E-state index contributed by atoms with van der Waals surface area (Å²) in [5, 5.41) is 2.76. The maximum absolute atomic E-state index is 12.5. The van der Waals surface area contributed by atoms with E-state index in [2.05, 4.69) is 10.0 Å². The molecular formula is C18H22ClN3O3S. The molecule has 26 heavy (non-hydrogen) atoms. The molecule has 1 amide bonds. The third-order valence-electron chi connectivity index (χ3n) is 4.20. The molecule has 8 heteroatoms. The standard InChI is InChI=1S/C18H21N3O3S.ClH/c19-9-10-20-25(23,24)17-6-2-5-16(12-17)21-18(22)15-8-7-13-3-1-4-14(13)11-15;/h2,5-8,11-12,20H,1,3-4,9-10,19H2,(H,21,22);1H. The Bertz CT molecular complexity index is 900. The summed E-state index contributed by atoms with van der Waals surface area (Å²) in [6.07, 6.45) is 3.18. The third-order valence-corrected chi connectivity index (χ3v) is 5.66. The van der Waals surface area contributed by atoms with E-state index in [4.69, 9.17) is 5.73 Å². The quantitative estimate of drug-likeness (QED) is 0.696. The molecule has 0 fully saturated rings. The molecule has 0 aliphatic heterocycles. The first kappa shape index (κ1) is 20.4. The molecule has 0 radical (unpaired) electrons. The van der Waals surface area contributed by atoms with Crippen LogP contribution in [0.3, 0.4) is 0 Å². The molecule has 2 aromatic carbocycles. The number of amides is 1. The first-order chi connectivity index (χ1) is 12.0. The lowest BCUT2D eigenvalue weighted by atomic mass is 10.1. The van der Waals surface area contributed by atoms with Crippen molar-refractivity contribution in [3.05, 3.63) is 59.2 Å². The Morgan fingerprint density at radius 3 is 2.62 bits per heavy atom. The van der Waals surface area contributed by atoms with Crippen LogP contribution in [0.4, 0.5) is 5.69 Å². The highest BCUT2D eigenvalue weighted by Gasteiger charge is 2.16. The van der Waals surface area contributed by atoms with Crippen molar-refractivity contribution in [1.29, 1.82) is 0 Å². The number of rotatable bonds is 6. The smallest absolute Gasteiger partial charge is 0.255 e. The molecule has 0 saturated heterocycles. The molecule has 0 heterocycles. The average Bonchev–Trinajstić information content (AvgIpc) is 3.08. The minimum absolute atomic E-state index is 0. The predicted molar refractivity (Wildman–Crippen MR) is 104 cm³/mol. The molecule has 140 valence electrons. The Labute approximate surface area is 159 Å². The number of nitrogens with two attached hydrogens (primary N) is 1. The van der Waals surface area contributed by atoms with E-state index in [9.17, 15) is 13.2 Å². The first-order valence-electron chi connectivity index (χ1n) is 8.22. The summed E-state index contributed by atoms with van der Waals surface area (Å²) in [7, 11) is -3.63. The van der Waals surface area contributed by atoms with Crippen molar-refractivity contribution in [2.75, 3.05) is 18.4 Å². The number of halogens is 1. The molecule has 6 nitrogen and oxygen atoms in total. The molecule has 2 aromatic rings. The van der Waals surface area contributed by atoms with E-state index in [0.717, 1.165) is 19.3 Å². The first-order valence-corrected chi connectivity index (χ1v) is 9.71. The number of fused-ring (bicyclic) bond motifs is 1. The highest BCUT2D eigenvalue weighted by molar-refractivity contribution is 7.89. The zero-order valence-electron chi connectivity index (χ0n) is 14.2. The van der Waals surface area contributed by atoms with E-state index in [1.165, 1.54) is 23.3 Å². The number of hydrogen-bond acceptors (Lipinski definition) is 4. The van der Waals surface area contributed by atoms with Gasteiger partial charge in [-0.3, -0.25) is 4.79 Å². The van der Waals surface area contributed by atoms with Crippen LogP contribution in [0.1, 0.15) is 27.9 Å². The minimum Gasteiger partial charge on any atom is -0.329 e. The second-order valence-corrected chi connectivity index (χ2v) is 7.77. The van der Waals surface area contributed by atoms with Gasteiger partial charge in [-0.1, -0.05) is 12.1 Å². The largest absolute Gasteiger partial charge is 0.329 e. The Balaban J connectivity index is 0.00000243. The number of anilines is 1. The van der Waals surface area contributed by atoms with E-state index in [0.29, 0.717) is 11.3 Å². The van der Waals surface area contributed by atoms with Gasteiger partial charge in [-0.15, -0.1) is 12.4 Å². The van der Waals surface area contributed by atoms with Crippen molar-refractivity contribution in [1.82, 2.24) is 4.72 Å². The summed E-state index contributed by atoms with van der Waals surface area (Å²) >= 11 is 0. The predicted octanol–water partition coefficient (Wildman–Crippen LogP) is 2.09. The molecule has 0 bridgehead atoms. The van der Waals surface area contributed by atoms with E-state index in [-0.39, 0.29) is 36.3 Å². The molecule has 0 spiro atoms. The Morgan fingerprint density at radius 1 is 1.08 bits per heavy atom. The second kappa shape index (κ2) is 8.64. The highest BCUT2D eigenvalue weighted by Crippen LogP contribution is 2.23. The van der Waals surface area contributed by atoms with Crippen LogP contribution in [0.15, 0.2) is 47.4 Å². The highest BCUT2D eigenvalue weighted by atomic mass is 35.5. The Morgan fingerprint density at radius 2 is 1.85 bits per heavy atom. The molecular weight excluding hydrogens is 374 g/mol. The summed E-state index contributed by atoms with van der Waals surface area (Å²) in [4.78, 5) is 12.5. The fraction of sp³-hybridized carbons (Fsp3) is 0.278. The van der Waals surface area contributed by atoms with Gasteiger partial charge in [0.2, 0.25) is 10.0 Å². The lowest BCUT2D eigenvalue weighted by Gasteiger charge is -2.10. The Kier molecular flexibility index (Phi) is 6.77. The summed E-state index contributed by atoms with van der Waals surface area (Å²) < 4.78 is 26.7. The number of hydrogen-bond donors (Lipinski definition) is 3. The fourth-order valence-corrected chi connectivity index (χ4v) is 4.03. The summed E-state index contributed by atoms with van der Waals surface area (Å²) in [5.74, 6) is -0.251. The third kappa shape index (κ3) is 4.62. The van der Waals surface area contributed by atoms with Crippen LogP contribution in [0.2, 0.25) is 0 Å². The normalized spacial score (nSPS) is 13.0. The van der Waals surface area contributed by atoms with Crippen LogP contribution >= 0.6 is 12.4 Å². The lowest BCUT2D eigenvalue weighted by molar-refractivity contribution is 0.102. The maximum Gasteiger partial charge on any atom is 0.255 e. The number of sulfonamides is 1. The number of carbonyl (C=O) groups excluding carboxylic acids is 1. The van der Waals surface area contributed by atoms with Gasteiger partial charge in [-0.05, 0) is 60.7 Å². The number of carbonyl (C=O) groups is 1. The lowest BCUT2D eigenvalue weighted by Crippen LogP contribution is -2.29. The van der Waals surface area contributed by atoms with Crippen molar-refractivity contribution in [2.24, 2.45) is 5.73 Å². The molecule has 1 aliphatic carbocycles. The van der Waals surface area contributed by atoms with Crippen molar-refractivity contribution in [3.63, 3.8) is 0 Å². The molecule has 4 N–H and O–H groups in total. The van der Waals surface area contributed by atoms with Gasteiger partial charge >= 0.3 is 0 Å². The zero-order valence-corrected chi connectivity index (χ0v) is 15.8. The Hall–Kier alpha value is -1.93. The van der Waals surface area contributed by atoms with Gasteiger partial charge in [0.25, 0.3) is 5.91 Å². The van der Waals surface area contributed by atoms with E-state index in [1.807, 2.05) is 18.2 Å². The van der Waals surface area contributed by atoms with Crippen molar-refractivity contribution >= 4 is 34.0 Å². The van der Waals surface area contributed by atoms with Crippen molar-refractivity contribution in [3.8, 4) is 0 Å². The van der Waals surface area contributed by atoms with Gasteiger partial charge in [-0.2, -0.15) is 0 Å². The van der Waals surface area contributed by atoms with E-state index >= 15 is 0 Å². The van der Waals surface area contributed by atoms with Gasteiger partial charge in [0.05, 0.1) is 4.90 Å². The van der Waals surface area contributed by atoms with Crippen LogP contribution in [-0.4, -0.2) is 27.4 Å². The van der Waals surface area contributed by atoms with Gasteiger partial charge in [0, 0.05) is 24.3 Å². The second-order valence-electron chi connectivity index (χ2n) is 6.01. The fourth-order valence-electron chi connectivity index (χ4n) is 2.93. The minimum atomic E-state index is -3.63. The maximum atomic E-state index is 12.5. The van der Waals surface area contributed by atoms with E-state index < -0.39 is 10.0 Å².